The monoisotopic (exact) mass is 322 g/mol. The van der Waals surface area contributed by atoms with Crippen LogP contribution in [0.2, 0.25) is 0 Å². The molecule has 1 N–H and O–H groups in total. The summed E-state index contributed by atoms with van der Waals surface area (Å²) in [4.78, 5) is 38.1. The second-order valence-electron chi connectivity index (χ2n) is 5.62. The van der Waals surface area contributed by atoms with Crippen molar-refractivity contribution >= 4 is 17.7 Å². The third-order valence-electron chi connectivity index (χ3n) is 4.04. The van der Waals surface area contributed by atoms with Crippen LogP contribution in [0.3, 0.4) is 0 Å². The van der Waals surface area contributed by atoms with Gasteiger partial charge < -0.3 is 5.32 Å². The largest absolute Gasteiger partial charge is 0.352 e. The van der Waals surface area contributed by atoms with E-state index in [-0.39, 0.29) is 17.7 Å². The zero-order chi connectivity index (χ0) is 17.1. The Labute approximate surface area is 140 Å². The molecule has 5 heteroatoms. The van der Waals surface area contributed by atoms with E-state index >= 15 is 0 Å². The summed E-state index contributed by atoms with van der Waals surface area (Å²) >= 11 is 0. The van der Waals surface area contributed by atoms with Gasteiger partial charge in [0.1, 0.15) is 0 Å². The summed E-state index contributed by atoms with van der Waals surface area (Å²) in [5, 5.41) is 2.69. The molecule has 3 amide bonds. The lowest BCUT2D eigenvalue weighted by atomic mass is 10.1. The van der Waals surface area contributed by atoms with E-state index in [2.05, 4.69) is 5.32 Å². The van der Waals surface area contributed by atoms with Crippen molar-refractivity contribution in [1.82, 2.24) is 10.2 Å². The van der Waals surface area contributed by atoms with Crippen molar-refractivity contribution in [3.63, 3.8) is 0 Å². The lowest BCUT2D eigenvalue weighted by molar-refractivity contribution is 0.0656. The molecule has 1 aliphatic heterocycles. The van der Waals surface area contributed by atoms with E-state index in [9.17, 15) is 14.4 Å². The topological polar surface area (TPSA) is 66.5 Å². The third-order valence-corrected chi connectivity index (χ3v) is 4.04. The lowest BCUT2D eigenvalue weighted by Crippen LogP contribution is -2.31. The standard InChI is InChI=1S/C19H18N2O3/c1-2-20-17(22)14-8-9-15-16(12-14)19(24)21(18(15)23)11-10-13-6-4-3-5-7-13/h3-9,12H,2,10-11H2,1H3,(H,20,22). The molecule has 2 aromatic rings. The van der Waals surface area contributed by atoms with Crippen LogP contribution < -0.4 is 5.32 Å². The van der Waals surface area contributed by atoms with E-state index in [1.807, 2.05) is 37.3 Å². The Kier molecular flexibility index (Phi) is 4.42. The Bertz CT molecular complexity index is 800. The number of nitrogens with zero attached hydrogens (tertiary/aromatic N) is 1. The van der Waals surface area contributed by atoms with Crippen LogP contribution in [-0.2, 0) is 6.42 Å². The maximum absolute atomic E-state index is 12.5. The average molecular weight is 322 g/mol. The molecule has 5 nitrogen and oxygen atoms in total. The molecule has 1 aliphatic rings. The molecule has 122 valence electrons. The van der Waals surface area contributed by atoms with Crippen molar-refractivity contribution in [1.29, 1.82) is 0 Å². The highest BCUT2D eigenvalue weighted by atomic mass is 16.2. The number of carbonyl (C=O) groups is 3. The van der Waals surface area contributed by atoms with E-state index in [0.717, 1.165) is 5.56 Å². The van der Waals surface area contributed by atoms with E-state index in [1.165, 1.54) is 11.0 Å². The first kappa shape index (κ1) is 15.9. The molecule has 0 saturated heterocycles. The molecule has 2 aromatic carbocycles. The molecule has 0 unspecified atom stereocenters. The minimum absolute atomic E-state index is 0.247. The molecule has 1 heterocycles. The van der Waals surface area contributed by atoms with Gasteiger partial charge in [-0.05, 0) is 37.1 Å². The summed E-state index contributed by atoms with van der Waals surface area (Å²) in [5.74, 6) is -0.881. The number of hydrogen-bond acceptors (Lipinski definition) is 3. The van der Waals surface area contributed by atoms with E-state index in [0.29, 0.717) is 36.2 Å². The van der Waals surface area contributed by atoms with Crippen molar-refractivity contribution in [2.24, 2.45) is 0 Å². The average Bonchev–Trinajstić information content (AvgIpc) is 2.85. The van der Waals surface area contributed by atoms with E-state index in [4.69, 9.17) is 0 Å². The highest BCUT2D eigenvalue weighted by Gasteiger charge is 2.35. The fourth-order valence-corrected chi connectivity index (χ4v) is 2.78. The predicted molar refractivity (Wildman–Crippen MR) is 90.0 cm³/mol. The Balaban J connectivity index is 1.79. The maximum Gasteiger partial charge on any atom is 0.261 e. The Morgan fingerprint density at radius 1 is 1.00 bits per heavy atom. The fourth-order valence-electron chi connectivity index (χ4n) is 2.78. The summed E-state index contributed by atoms with van der Waals surface area (Å²) in [5.41, 5.74) is 2.12. The van der Waals surface area contributed by atoms with Gasteiger partial charge in [-0.1, -0.05) is 30.3 Å². The van der Waals surface area contributed by atoms with Gasteiger partial charge in [0.2, 0.25) is 0 Å². The molecule has 3 rings (SSSR count). The molecule has 0 saturated carbocycles. The predicted octanol–water partition coefficient (Wildman–Crippen LogP) is 2.28. The second kappa shape index (κ2) is 6.66. The lowest BCUT2D eigenvalue weighted by Gasteiger charge is -2.13. The number of rotatable bonds is 5. The van der Waals surface area contributed by atoms with Crippen LogP contribution in [0.5, 0.6) is 0 Å². The van der Waals surface area contributed by atoms with Crippen molar-refractivity contribution in [2.75, 3.05) is 13.1 Å². The molecular weight excluding hydrogens is 304 g/mol. The molecule has 0 bridgehead atoms. The highest BCUT2D eigenvalue weighted by molar-refractivity contribution is 6.22. The zero-order valence-corrected chi connectivity index (χ0v) is 13.4. The normalized spacial score (nSPS) is 13.1. The maximum atomic E-state index is 12.5. The van der Waals surface area contributed by atoms with Crippen LogP contribution in [0.25, 0.3) is 0 Å². The van der Waals surface area contributed by atoms with Gasteiger partial charge in [-0.3, -0.25) is 19.3 Å². The first-order valence-corrected chi connectivity index (χ1v) is 7.94. The quantitative estimate of drug-likeness (QED) is 0.859. The molecule has 0 aliphatic carbocycles. The fraction of sp³-hybridized carbons (Fsp3) is 0.211. The van der Waals surface area contributed by atoms with Crippen molar-refractivity contribution < 1.29 is 14.4 Å². The summed E-state index contributed by atoms with van der Waals surface area (Å²) in [6, 6.07) is 14.3. The summed E-state index contributed by atoms with van der Waals surface area (Å²) in [6.45, 7) is 2.66. The van der Waals surface area contributed by atoms with Gasteiger partial charge in [0.15, 0.2) is 0 Å². The van der Waals surface area contributed by atoms with E-state index in [1.54, 1.807) is 12.1 Å². The van der Waals surface area contributed by atoms with Crippen molar-refractivity contribution in [3.8, 4) is 0 Å². The third kappa shape index (κ3) is 2.93. The minimum atomic E-state index is -0.336. The number of imide groups is 1. The molecule has 0 radical (unpaired) electrons. The van der Waals surface area contributed by atoms with Gasteiger partial charge in [0.05, 0.1) is 11.1 Å². The van der Waals surface area contributed by atoms with Gasteiger partial charge in [0, 0.05) is 18.7 Å². The Morgan fingerprint density at radius 3 is 2.42 bits per heavy atom. The van der Waals surface area contributed by atoms with E-state index < -0.39 is 0 Å². The molecular formula is C19H18N2O3. The number of nitrogens with one attached hydrogen (secondary N) is 1. The zero-order valence-electron chi connectivity index (χ0n) is 13.4. The van der Waals surface area contributed by atoms with Crippen molar-refractivity contribution in [3.05, 3.63) is 70.8 Å². The molecule has 0 aromatic heterocycles. The van der Waals surface area contributed by atoms with Crippen LogP contribution in [0.4, 0.5) is 0 Å². The van der Waals surface area contributed by atoms with Crippen LogP contribution in [0, 0.1) is 0 Å². The van der Waals surface area contributed by atoms with Crippen LogP contribution >= 0.6 is 0 Å². The summed E-state index contributed by atoms with van der Waals surface area (Å²) in [6.07, 6.45) is 0.607. The molecule has 0 fully saturated rings. The van der Waals surface area contributed by atoms with Gasteiger partial charge in [-0.15, -0.1) is 0 Å². The number of benzene rings is 2. The Morgan fingerprint density at radius 2 is 1.71 bits per heavy atom. The van der Waals surface area contributed by atoms with Gasteiger partial charge in [-0.25, -0.2) is 0 Å². The van der Waals surface area contributed by atoms with Crippen molar-refractivity contribution in [2.45, 2.75) is 13.3 Å². The Hall–Kier alpha value is -2.95. The first-order chi connectivity index (χ1) is 11.6. The molecule has 0 spiro atoms. The summed E-state index contributed by atoms with van der Waals surface area (Å²) in [7, 11) is 0. The van der Waals surface area contributed by atoms with Crippen LogP contribution in [0.1, 0.15) is 43.6 Å². The van der Waals surface area contributed by atoms with Gasteiger partial charge in [0.25, 0.3) is 17.7 Å². The summed E-state index contributed by atoms with van der Waals surface area (Å²) < 4.78 is 0. The number of carbonyl (C=O) groups excluding carboxylic acids is 3. The smallest absolute Gasteiger partial charge is 0.261 e. The number of hydrogen-bond donors (Lipinski definition) is 1. The first-order valence-electron chi connectivity index (χ1n) is 7.94. The number of fused-ring (bicyclic) bond motifs is 1. The molecule has 24 heavy (non-hydrogen) atoms. The van der Waals surface area contributed by atoms with Crippen LogP contribution in [0.15, 0.2) is 48.5 Å². The van der Waals surface area contributed by atoms with Crippen LogP contribution in [-0.4, -0.2) is 35.7 Å². The second-order valence-corrected chi connectivity index (χ2v) is 5.62. The minimum Gasteiger partial charge on any atom is -0.352 e. The molecule has 0 atom stereocenters. The SMILES string of the molecule is CCNC(=O)c1ccc2c(c1)C(=O)N(CCc1ccccc1)C2=O. The number of amides is 3. The van der Waals surface area contributed by atoms with Gasteiger partial charge >= 0.3 is 0 Å². The highest BCUT2D eigenvalue weighted by Crippen LogP contribution is 2.24. The van der Waals surface area contributed by atoms with Gasteiger partial charge in [-0.2, -0.15) is 0 Å².